The van der Waals surface area contributed by atoms with Crippen molar-refractivity contribution >= 4 is 5.91 Å². The molecule has 1 fully saturated rings. The summed E-state index contributed by atoms with van der Waals surface area (Å²) in [4.78, 5) is 18.8. The number of piperazine rings is 1. The van der Waals surface area contributed by atoms with E-state index in [2.05, 4.69) is 24.1 Å². The van der Waals surface area contributed by atoms with Gasteiger partial charge in [0.05, 0.1) is 13.0 Å². The lowest BCUT2D eigenvalue weighted by molar-refractivity contribution is -0.136. The van der Waals surface area contributed by atoms with Crippen molar-refractivity contribution in [3.63, 3.8) is 0 Å². The van der Waals surface area contributed by atoms with Crippen molar-refractivity contribution < 1.29 is 9.53 Å². The molecule has 6 heteroatoms. The lowest BCUT2D eigenvalue weighted by Gasteiger charge is -2.35. The number of nitrogens with zero attached hydrogens (tertiary/aromatic N) is 3. The molecule has 21 heavy (non-hydrogen) atoms. The molecule has 0 radical (unpaired) electrons. The molecule has 0 bridgehead atoms. The fourth-order valence-electron chi connectivity index (χ4n) is 2.55. The van der Waals surface area contributed by atoms with Crippen LogP contribution in [0.5, 0.6) is 0 Å². The molecule has 0 spiro atoms. The molecule has 1 amide bonds. The van der Waals surface area contributed by atoms with Crippen molar-refractivity contribution in [2.45, 2.75) is 26.3 Å². The predicted molar refractivity (Wildman–Crippen MR) is 80.8 cm³/mol. The van der Waals surface area contributed by atoms with E-state index in [1.165, 1.54) is 0 Å². The van der Waals surface area contributed by atoms with Crippen LogP contribution in [0.3, 0.4) is 0 Å². The van der Waals surface area contributed by atoms with E-state index >= 15 is 0 Å². The molecule has 2 rings (SSSR count). The number of carbonyl (C=O) groups is 1. The number of hydrogen-bond acceptors (Lipinski definition) is 4. The number of amides is 1. The van der Waals surface area contributed by atoms with Gasteiger partial charge in [0.15, 0.2) is 0 Å². The van der Waals surface area contributed by atoms with Crippen LogP contribution in [0.1, 0.15) is 32.1 Å². The highest BCUT2D eigenvalue weighted by atomic mass is 16.5. The molecule has 1 N–H and O–H groups in total. The predicted octanol–water partition coefficient (Wildman–Crippen LogP) is 0.956. The monoisotopic (exact) mass is 294 g/mol. The SMILES string of the molecule is CC(C)COCCC(=O)N1CCNCC1c1nccn1C. The zero-order valence-electron chi connectivity index (χ0n) is 13.2. The van der Waals surface area contributed by atoms with E-state index in [1.54, 1.807) is 6.20 Å². The number of nitrogens with one attached hydrogen (secondary N) is 1. The Kier molecular flexibility index (Phi) is 5.76. The first-order valence-electron chi connectivity index (χ1n) is 7.64. The third kappa shape index (κ3) is 4.28. The van der Waals surface area contributed by atoms with Crippen molar-refractivity contribution in [1.82, 2.24) is 19.8 Å². The highest BCUT2D eigenvalue weighted by molar-refractivity contribution is 5.76. The van der Waals surface area contributed by atoms with Gasteiger partial charge in [-0.1, -0.05) is 13.8 Å². The average Bonchev–Trinajstić information content (AvgIpc) is 2.89. The Labute approximate surface area is 126 Å². The van der Waals surface area contributed by atoms with Gasteiger partial charge in [-0.25, -0.2) is 4.98 Å². The third-order valence-electron chi connectivity index (χ3n) is 3.63. The normalized spacial score (nSPS) is 19.2. The van der Waals surface area contributed by atoms with Crippen LogP contribution >= 0.6 is 0 Å². The fraction of sp³-hybridized carbons (Fsp3) is 0.733. The maximum Gasteiger partial charge on any atom is 0.225 e. The molecule has 0 aliphatic carbocycles. The summed E-state index contributed by atoms with van der Waals surface area (Å²) in [6.45, 7) is 7.72. The van der Waals surface area contributed by atoms with E-state index in [0.29, 0.717) is 25.6 Å². The van der Waals surface area contributed by atoms with Gasteiger partial charge < -0.3 is 19.5 Å². The first-order valence-corrected chi connectivity index (χ1v) is 7.64. The van der Waals surface area contributed by atoms with Gasteiger partial charge in [0, 0.05) is 45.7 Å². The molecule has 0 aromatic carbocycles. The van der Waals surface area contributed by atoms with Crippen LogP contribution in [0.25, 0.3) is 0 Å². The minimum Gasteiger partial charge on any atom is -0.381 e. The van der Waals surface area contributed by atoms with E-state index in [0.717, 1.165) is 25.5 Å². The first kappa shape index (κ1) is 16.0. The lowest BCUT2D eigenvalue weighted by atomic mass is 10.1. The van der Waals surface area contributed by atoms with Crippen molar-refractivity contribution in [2.75, 3.05) is 32.8 Å². The molecule has 2 heterocycles. The van der Waals surface area contributed by atoms with Crippen molar-refractivity contribution in [3.05, 3.63) is 18.2 Å². The van der Waals surface area contributed by atoms with E-state index in [9.17, 15) is 4.79 Å². The minimum absolute atomic E-state index is 0.0105. The fourth-order valence-corrected chi connectivity index (χ4v) is 2.55. The van der Waals surface area contributed by atoms with Crippen molar-refractivity contribution in [3.8, 4) is 0 Å². The second kappa shape index (κ2) is 7.56. The third-order valence-corrected chi connectivity index (χ3v) is 3.63. The molecule has 1 aromatic rings. The summed E-state index contributed by atoms with van der Waals surface area (Å²) in [7, 11) is 1.96. The zero-order valence-corrected chi connectivity index (χ0v) is 13.2. The number of aryl methyl sites for hydroxylation is 1. The quantitative estimate of drug-likeness (QED) is 0.794. The van der Waals surface area contributed by atoms with E-state index in [4.69, 9.17) is 4.74 Å². The standard InChI is InChI=1S/C15H26N4O2/c1-12(2)11-21-9-4-14(20)19-8-5-16-10-13(19)15-17-6-7-18(15)3/h6-7,12-13,16H,4-5,8-11H2,1-3H3. The first-order chi connectivity index (χ1) is 10.1. The van der Waals surface area contributed by atoms with Gasteiger partial charge in [0.2, 0.25) is 5.91 Å². The van der Waals surface area contributed by atoms with E-state index in [-0.39, 0.29) is 11.9 Å². The van der Waals surface area contributed by atoms with Gasteiger partial charge in [-0.05, 0) is 5.92 Å². The number of imidazole rings is 1. The van der Waals surface area contributed by atoms with Crippen LogP contribution in [0, 0.1) is 5.92 Å². The summed E-state index contributed by atoms with van der Waals surface area (Å²) in [6.07, 6.45) is 4.13. The Bertz CT molecular complexity index is 458. The number of aromatic nitrogens is 2. The van der Waals surface area contributed by atoms with Crippen LogP contribution in [0.4, 0.5) is 0 Å². The van der Waals surface area contributed by atoms with Crippen molar-refractivity contribution in [2.24, 2.45) is 13.0 Å². The Hall–Kier alpha value is -1.40. The van der Waals surface area contributed by atoms with Gasteiger partial charge >= 0.3 is 0 Å². The molecule has 1 aromatic heterocycles. The Morgan fingerprint density at radius 3 is 3.05 bits per heavy atom. The summed E-state index contributed by atoms with van der Waals surface area (Å²) in [5.41, 5.74) is 0. The maximum atomic E-state index is 12.4. The Balaban J connectivity index is 1.92. The van der Waals surface area contributed by atoms with Crippen LogP contribution in [0.2, 0.25) is 0 Å². The maximum absolute atomic E-state index is 12.4. The molecule has 1 unspecified atom stereocenters. The van der Waals surface area contributed by atoms with Gasteiger partial charge in [-0.3, -0.25) is 4.79 Å². The van der Waals surface area contributed by atoms with Crippen LogP contribution in [-0.2, 0) is 16.6 Å². The molecule has 1 aliphatic heterocycles. The molecule has 1 saturated heterocycles. The van der Waals surface area contributed by atoms with E-state index < -0.39 is 0 Å². The van der Waals surface area contributed by atoms with Gasteiger partial charge in [0.1, 0.15) is 11.9 Å². The molecular formula is C15H26N4O2. The average molecular weight is 294 g/mol. The van der Waals surface area contributed by atoms with Crippen LogP contribution < -0.4 is 5.32 Å². The van der Waals surface area contributed by atoms with Crippen LogP contribution in [0.15, 0.2) is 12.4 Å². The van der Waals surface area contributed by atoms with Gasteiger partial charge in [-0.15, -0.1) is 0 Å². The molecule has 1 aliphatic rings. The molecule has 1 atom stereocenters. The summed E-state index contributed by atoms with van der Waals surface area (Å²) in [6, 6.07) is 0.0105. The largest absolute Gasteiger partial charge is 0.381 e. The summed E-state index contributed by atoms with van der Waals surface area (Å²) >= 11 is 0. The summed E-state index contributed by atoms with van der Waals surface area (Å²) < 4.78 is 7.50. The lowest BCUT2D eigenvalue weighted by Crippen LogP contribution is -2.49. The summed E-state index contributed by atoms with van der Waals surface area (Å²) in [5, 5.41) is 3.34. The van der Waals surface area contributed by atoms with Crippen LogP contribution in [-0.4, -0.2) is 53.2 Å². The number of hydrogen-bond donors (Lipinski definition) is 1. The number of ether oxygens (including phenoxy) is 1. The minimum atomic E-state index is 0.0105. The molecule has 6 nitrogen and oxygen atoms in total. The van der Waals surface area contributed by atoms with Crippen molar-refractivity contribution in [1.29, 1.82) is 0 Å². The highest BCUT2D eigenvalue weighted by Gasteiger charge is 2.29. The zero-order chi connectivity index (χ0) is 15.2. The molecule has 0 saturated carbocycles. The van der Waals surface area contributed by atoms with Gasteiger partial charge in [0.25, 0.3) is 0 Å². The summed E-state index contributed by atoms with van der Waals surface area (Å²) in [5.74, 6) is 1.58. The topological polar surface area (TPSA) is 59.4 Å². The molecular weight excluding hydrogens is 268 g/mol. The number of rotatable bonds is 6. The Morgan fingerprint density at radius 2 is 2.38 bits per heavy atom. The molecule has 118 valence electrons. The Morgan fingerprint density at radius 1 is 1.57 bits per heavy atom. The van der Waals surface area contributed by atoms with E-state index in [1.807, 2.05) is 22.7 Å². The van der Waals surface area contributed by atoms with Gasteiger partial charge in [-0.2, -0.15) is 0 Å². The number of carbonyl (C=O) groups excluding carboxylic acids is 1. The second-order valence-corrected chi connectivity index (χ2v) is 5.92. The highest BCUT2D eigenvalue weighted by Crippen LogP contribution is 2.21. The second-order valence-electron chi connectivity index (χ2n) is 5.92. The smallest absolute Gasteiger partial charge is 0.225 e.